The Balaban J connectivity index is 1.93. The highest BCUT2D eigenvalue weighted by Crippen LogP contribution is 2.22. The molecule has 1 aromatic rings. The molecular formula is C15H20ClN3O3. The van der Waals surface area contributed by atoms with Gasteiger partial charge in [-0.2, -0.15) is 0 Å². The predicted octanol–water partition coefficient (Wildman–Crippen LogP) is 1.67. The van der Waals surface area contributed by atoms with Crippen molar-refractivity contribution in [1.82, 2.24) is 16.0 Å². The SMILES string of the molecule is COc1ccc(Cl)cc1CNC(=O)NC1C(=O)NCCC1C. The van der Waals surface area contributed by atoms with Gasteiger partial charge in [0.1, 0.15) is 11.8 Å². The van der Waals surface area contributed by atoms with Gasteiger partial charge in [-0.1, -0.05) is 18.5 Å². The maximum atomic E-state index is 12.0. The summed E-state index contributed by atoms with van der Waals surface area (Å²) >= 11 is 5.95. The van der Waals surface area contributed by atoms with Gasteiger partial charge in [-0.15, -0.1) is 0 Å². The van der Waals surface area contributed by atoms with E-state index < -0.39 is 12.1 Å². The second-order valence-electron chi connectivity index (χ2n) is 5.32. The van der Waals surface area contributed by atoms with E-state index in [9.17, 15) is 9.59 Å². The van der Waals surface area contributed by atoms with Crippen LogP contribution in [0.1, 0.15) is 18.9 Å². The highest BCUT2D eigenvalue weighted by molar-refractivity contribution is 6.30. The number of benzene rings is 1. The van der Waals surface area contributed by atoms with Crippen LogP contribution < -0.4 is 20.7 Å². The zero-order valence-corrected chi connectivity index (χ0v) is 13.4. The van der Waals surface area contributed by atoms with Crippen molar-refractivity contribution in [2.45, 2.75) is 25.9 Å². The molecule has 0 aliphatic carbocycles. The Hall–Kier alpha value is -1.95. The third-order valence-electron chi connectivity index (χ3n) is 3.72. The van der Waals surface area contributed by atoms with E-state index in [1.165, 1.54) is 0 Å². The van der Waals surface area contributed by atoms with E-state index in [4.69, 9.17) is 16.3 Å². The maximum absolute atomic E-state index is 12.0. The summed E-state index contributed by atoms with van der Waals surface area (Å²) in [6.07, 6.45) is 0.846. The first-order valence-corrected chi connectivity index (χ1v) is 7.53. The lowest BCUT2D eigenvalue weighted by Gasteiger charge is -2.29. The molecule has 7 heteroatoms. The van der Waals surface area contributed by atoms with E-state index in [1.54, 1.807) is 25.3 Å². The minimum absolute atomic E-state index is 0.111. The Morgan fingerprint density at radius 1 is 1.50 bits per heavy atom. The summed E-state index contributed by atoms with van der Waals surface area (Å²) < 4.78 is 5.22. The van der Waals surface area contributed by atoms with E-state index >= 15 is 0 Å². The van der Waals surface area contributed by atoms with Gasteiger partial charge in [-0.25, -0.2) is 4.79 Å². The number of urea groups is 1. The summed E-state index contributed by atoms with van der Waals surface area (Å²) in [5.74, 6) is 0.614. The average Bonchev–Trinajstić information content (AvgIpc) is 2.49. The second-order valence-corrected chi connectivity index (χ2v) is 5.75. The first-order valence-electron chi connectivity index (χ1n) is 7.15. The van der Waals surface area contributed by atoms with Crippen LogP contribution in [0.4, 0.5) is 4.79 Å². The molecule has 1 heterocycles. The summed E-state index contributed by atoms with van der Waals surface area (Å²) in [6.45, 7) is 2.86. The second kappa shape index (κ2) is 7.35. The minimum Gasteiger partial charge on any atom is -0.496 e. The Morgan fingerprint density at radius 2 is 2.27 bits per heavy atom. The summed E-state index contributed by atoms with van der Waals surface area (Å²) in [6, 6.07) is 4.30. The van der Waals surface area contributed by atoms with Gasteiger partial charge in [0.2, 0.25) is 5.91 Å². The normalized spacial score (nSPS) is 21.0. The number of halogens is 1. The molecule has 6 nitrogen and oxygen atoms in total. The van der Waals surface area contributed by atoms with E-state index in [2.05, 4.69) is 16.0 Å². The fourth-order valence-electron chi connectivity index (χ4n) is 2.42. The van der Waals surface area contributed by atoms with Crippen LogP contribution in [0.5, 0.6) is 5.75 Å². The molecule has 2 rings (SSSR count). The van der Waals surface area contributed by atoms with Crippen LogP contribution in [0, 0.1) is 5.92 Å². The molecule has 0 aromatic heterocycles. The van der Waals surface area contributed by atoms with Crippen molar-refractivity contribution in [3.63, 3.8) is 0 Å². The molecule has 0 saturated carbocycles. The third kappa shape index (κ3) is 4.04. The maximum Gasteiger partial charge on any atom is 0.315 e. The third-order valence-corrected chi connectivity index (χ3v) is 3.95. The lowest BCUT2D eigenvalue weighted by Crippen LogP contribution is -2.56. The quantitative estimate of drug-likeness (QED) is 0.788. The Bertz CT molecular complexity index is 565. The number of carbonyl (C=O) groups excluding carboxylic acids is 2. The van der Waals surface area contributed by atoms with Crippen molar-refractivity contribution in [3.8, 4) is 5.75 Å². The van der Waals surface area contributed by atoms with Crippen LogP contribution in [-0.4, -0.2) is 31.6 Å². The molecule has 2 unspecified atom stereocenters. The number of nitrogens with one attached hydrogen (secondary N) is 3. The zero-order chi connectivity index (χ0) is 16.1. The number of amides is 3. The Kier molecular flexibility index (Phi) is 5.49. The molecule has 3 N–H and O–H groups in total. The molecule has 1 fully saturated rings. The van der Waals surface area contributed by atoms with Crippen LogP contribution in [0.3, 0.4) is 0 Å². The molecule has 3 amide bonds. The van der Waals surface area contributed by atoms with Crippen LogP contribution >= 0.6 is 11.6 Å². The molecule has 1 aliphatic rings. The number of methoxy groups -OCH3 is 1. The molecule has 0 spiro atoms. The Labute approximate surface area is 134 Å². The first-order chi connectivity index (χ1) is 10.5. The lowest BCUT2D eigenvalue weighted by atomic mass is 9.94. The summed E-state index contributed by atoms with van der Waals surface area (Å²) in [5.41, 5.74) is 0.770. The predicted molar refractivity (Wildman–Crippen MR) is 84.0 cm³/mol. The molecule has 1 aliphatic heterocycles. The van der Waals surface area contributed by atoms with Gasteiger partial charge in [0.25, 0.3) is 0 Å². The molecule has 1 saturated heterocycles. The Morgan fingerprint density at radius 3 is 2.95 bits per heavy atom. The molecule has 0 radical (unpaired) electrons. The smallest absolute Gasteiger partial charge is 0.315 e. The van der Waals surface area contributed by atoms with E-state index in [-0.39, 0.29) is 18.4 Å². The molecule has 0 bridgehead atoms. The largest absolute Gasteiger partial charge is 0.496 e. The highest BCUT2D eigenvalue weighted by Gasteiger charge is 2.29. The van der Waals surface area contributed by atoms with Gasteiger partial charge in [0, 0.05) is 23.7 Å². The number of carbonyl (C=O) groups is 2. The van der Waals surface area contributed by atoms with Crippen molar-refractivity contribution in [3.05, 3.63) is 28.8 Å². The van der Waals surface area contributed by atoms with Gasteiger partial charge >= 0.3 is 6.03 Å². The van der Waals surface area contributed by atoms with Crippen LogP contribution in [0.25, 0.3) is 0 Å². The standard InChI is InChI=1S/C15H20ClN3O3/c1-9-5-6-17-14(20)13(9)19-15(21)18-8-10-7-11(16)3-4-12(10)22-2/h3-4,7,9,13H,5-6,8H2,1-2H3,(H,17,20)(H2,18,19,21). The summed E-state index contributed by atoms with van der Waals surface area (Å²) in [7, 11) is 1.56. The number of piperidine rings is 1. The van der Waals surface area contributed by atoms with E-state index in [0.717, 1.165) is 12.0 Å². The topological polar surface area (TPSA) is 79.5 Å². The highest BCUT2D eigenvalue weighted by atomic mass is 35.5. The van der Waals surface area contributed by atoms with Crippen molar-refractivity contribution < 1.29 is 14.3 Å². The van der Waals surface area contributed by atoms with Gasteiger partial charge in [0.05, 0.1) is 7.11 Å². The molecule has 2 atom stereocenters. The molecule has 22 heavy (non-hydrogen) atoms. The minimum atomic E-state index is -0.505. The van der Waals surface area contributed by atoms with Gasteiger partial charge in [-0.3, -0.25) is 4.79 Å². The van der Waals surface area contributed by atoms with Crippen molar-refractivity contribution in [2.24, 2.45) is 5.92 Å². The van der Waals surface area contributed by atoms with Crippen molar-refractivity contribution in [2.75, 3.05) is 13.7 Å². The monoisotopic (exact) mass is 325 g/mol. The molecular weight excluding hydrogens is 306 g/mol. The van der Waals surface area contributed by atoms with Crippen molar-refractivity contribution >= 4 is 23.5 Å². The number of rotatable bonds is 4. The van der Waals surface area contributed by atoms with Gasteiger partial charge in [0.15, 0.2) is 0 Å². The molecule has 1 aromatic carbocycles. The van der Waals surface area contributed by atoms with Gasteiger partial charge in [-0.05, 0) is 30.5 Å². The van der Waals surface area contributed by atoms with Gasteiger partial charge < -0.3 is 20.7 Å². The summed E-state index contributed by atoms with van der Waals surface area (Å²) in [5, 5.41) is 8.74. The van der Waals surface area contributed by atoms with Crippen LogP contribution in [0.15, 0.2) is 18.2 Å². The zero-order valence-electron chi connectivity index (χ0n) is 12.6. The number of hydrogen-bond acceptors (Lipinski definition) is 3. The lowest BCUT2D eigenvalue weighted by molar-refractivity contribution is -0.125. The average molecular weight is 326 g/mol. The van der Waals surface area contributed by atoms with E-state index in [1.807, 2.05) is 6.92 Å². The fraction of sp³-hybridized carbons (Fsp3) is 0.467. The van der Waals surface area contributed by atoms with Crippen LogP contribution in [-0.2, 0) is 11.3 Å². The molecule has 120 valence electrons. The first kappa shape index (κ1) is 16.4. The number of hydrogen-bond donors (Lipinski definition) is 3. The van der Waals surface area contributed by atoms with Crippen molar-refractivity contribution in [1.29, 1.82) is 0 Å². The summed E-state index contributed by atoms with van der Waals surface area (Å²) in [4.78, 5) is 23.8. The van der Waals surface area contributed by atoms with E-state index in [0.29, 0.717) is 17.3 Å². The van der Waals surface area contributed by atoms with Crippen LogP contribution in [0.2, 0.25) is 5.02 Å². The number of ether oxygens (including phenoxy) is 1. The fourth-order valence-corrected chi connectivity index (χ4v) is 2.61.